The smallest absolute Gasteiger partial charge is 0.226 e. The lowest BCUT2D eigenvalue weighted by atomic mass is 9.84. The van der Waals surface area contributed by atoms with E-state index in [1.165, 1.54) is 0 Å². The molecule has 6 nitrogen and oxygen atoms in total. The number of carbonyl (C=O) groups excluding carboxylic acids is 2. The number of nitrogens with zero attached hydrogens (tertiary/aromatic N) is 2. The standard InChI is InChI=1S/C19H23N3O3/c20-12-14-3-1-13(2-4-14)11-17(23)22-8-5-15(6-9-22)18-16(19(21)24)7-10-25-18/h1-4,15-16,18H,5-11H2,(H2,21,24)/t16-,18+/m0/s1. The van der Waals surface area contributed by atoms with E-state index in [0.717, 1.165) is 18.4 Å². The Bertz CT molecular complexity index is 672. The normalized spacial score (nSPS) is 24.0. The summed E-state index contributed by atoms with van der Waals surface area (Å²) in [5, 5.41) is 8.82. The van der Waals surface area contributed by atoms with Crippen LogP contribution in [0.4, 0.5) is 0 Å². The molecule has 25 heavy (non-hydrogen) atoms. The van der Waals surface area contributed by atoms with Gasteiger partial charge in [0, 0.05) is 19.7 Å². The van der Waals surface area contributed by atoms with Crippen molar-refractivity contribution >= 4 is 11.8 Å². The van der Waals surface area contributed by atoms with Crippen LogP contribution in [0.3, 0.4) is 0 Å². The second kappa shape index (κ2) is 7.66. The zero-order valence-corrected chi connectivity index (χ0v) is 14.2. The Kier molecular flexibility index (Phi) is 5.34. The fourth-order valence-electron chi connectivity index (χ4n) is 3.84. The van der Waals surface area contributed by atoms with Crippen molar-refractivity contribution < 1.29 is 14.3 Å². The Hall–Kier alpha value is -2.39. The number of carbonyl (C=O) groups is 2. The molecule has 0 aromatic heterocycles. The highest BCUT2D eigenvalue weighted by atomic mass is 16.5. The molecule has 2 aliphatic rings. The van der Waals surface area contributed by atoms with Gasteiger partial charge in [-0.1, -0.05) is 12.1 Å². The summed E-state index contributed by atoms with van der Waals surface area (Å²) < 4.78 is 5.75. The van der Waals surface area contributed by atoms with Gasteiger partial charge in [0.15, 0.2) is 0 Å². The van der Waals surface area contributed by atoms with Gasteiger partial charge in [-0.3, -0.25) is 9.59 Å². The van der Waals surface area contributed by atoms with Crippen LogP contribution in [0.2, 0.25) is 0 Å². The molecule has 2 fully saturated rings. The third-order valence-electron chi connectivity index (χ3n) is 5.30. The highest BCUT2D eigenvalue weighted by Gasteiger charge is 2.39. The number of hydrogen-bond acceptors (Lipinski definition) is 4. The molecule has 6 heteroatoms. The third kappa shape index (κ3) is 3.99. The molecular formula is C19H23N3O3. The number of nitriles is 1. The van der Waals surface area contributed by atoms with Gasteiger partial charge < -0.3 is 15.4 Å². The van der Waals surface area contributed by atoms with Crippen molar-refractivity contribution in [1.82, 2.24) is 4.90 Å². The number of amides is 2. The summed E-state index contributed by atoms with van der Waals surface area (Å²) in [5.74, 6) is -0.0753. The van der Waals surface area contributed by atoms with Gasteiger partial charge in [-0.25, -0.2) is 0 Å². The third-order valence-corrected chi connectivity index (χ3v) is 5.30. The minimum atomic E-state index is -0.276. The predicted molar refractivity (Wildman–Crippen MR) is 91.2 cm³/mol. The summed E-state index contributed by atoms with van der Waals surface area (Å²) in [6, 6.07) is 9.19. The number of hydrogen-bond donors (Lipinski definition) is 1. The Morgan fingerprint density at radius 3 is 2.48 bits per heavy atom. The molecular weight excluding hydrogens is 318 g/mol. The Balaban J connectivity index is 1.52. The van der Waals surface area contributed by atoms with Crippen LogP contribution in [0.25, 0.3) is 0 Å². The van der Waals surface area contributed by atoms with E-state index in [1.807, 2.05) is 17.0 Å². The van der Waals surface area contributed by atoms with Crippen molar-refractivity contribution in [2.45, 2.75) is 31.8 Å². The minimum absolute atomic E-state index is 0.0896. The second-order valence-electron chi connectivity index (χ2n) is 6.84. The summed E-state index contributed by atoms with van der Waals surface area (Å²) in [4.78, 5) is 25.9. The lowest BCUT2D eigenvalue weighted by Gasteiger charge is -2.35. The van der Waals surface area contributed by atoms with Gasteiger partial charge >= 0.3 is 0 Å². The Morgan fingerprint density at radius 2 is 1.88 bits per heavy atom. The molecule has 132 valence electrons. The molecule has 0 unspecified atom stereocenters. The van der Waals surface area contributed by atoms with E-state index in [-0.39, 0.29) is 23.8 Å². The highest BCUT2D eigenvalue weighted by molar-refractivity contribution is 5.79. The molecule has 2 aliphatic heterocycles. The summed E-state index contributed by atoms with van der Waals surface area (Å²) in [7, 11) is 0. The Morgan fingerprint density at radius 1 is 1.20 bits per heavy atom. The van der Waals surface area contributed by atoms with Crippen LogP contribution >= 0.6 is 0 Å². The van der Waals surface area contributed by atoms with Crippen molar-refractivity contribution in [1.29, 1.82) is 5.26 Å². The van der Waals surface area contributed by atoms with E-state index < -0.39 is 0 Å². The van der Waals surface area contributed by atoms with E-state index in [4.69, 9.17) is 15.7 Å². The van der Waals surface area contributed by atoms with Gasteiger partial charge in [-0.05, 0) is 42.9 Å². The van der Waals surface area contributed by atoms with Gasteiger partial charge in [-0.2, -0.15) is 5.26 Å². The van der Waals surface area contributed by atoms with Crippen molar-refractivity contribution in [3.8, 4) is 6.07 Å². The second-order valence-corrected chi connectivity index (χ2v) is 6.84. The van der Waals surface area contributed by atoms with Crippen LogP contribution < -0.4 is 5.73 Å². The predicted octanol–water partition coefficient (Wildman–Crippen LogP) is 1.23. The van der Waals surface area contributed by atoms with Crippen molar-refractivity contribution in [2.75, 3.05) is 19.7 Å². The Labute approximate surface area is 147 Å². The summed E-state index contributed by atoms with van der Waals surface area (Å²) in [6.45, 7) is 1.96. The topological polar surface area (TPSA) is 96.4 Å². The lowest BCUT2D eigenvalue weighted by Crippen LogP contribution is -2.44. The molecule has 0 spiro atoms. The largest absolute Gasteiger partial charge is 0.377 e. The molecule has 0 radical (unpaired) electrons. The summed E-state index contributed by atoms with van der Waals surface area (Å²) >= 11 is 0. The maximum absolute atomic E-state index is 12.5. The SMILES string of the molecule is N#Cc1ccc(CC(=O)N2CCC([C@H]3OCC[C@@H]3C(N)=O)CC2)cc1. The van der Waals surface area contributed by atoms with E-state index >= 15 is 0 Å². The van der Waals surface area contributed by atoms with Crippen LogP contribution in [0.15, 0.2) is 24.3 Å². The van der Waals surface area contributed by atoms with Crippen LogP contribution in [-0.2, 0) is 20.7 Å². The fraction of sp³-hybridized carbons (Fsp3) is 0.526. The molecule has 2 heterocycles. The van der Waals surface area contributed by atoms with Gasteiger partial charge in [0.2, 0.25) is 11.8 Å². The van der Waals surface area contributed by atoms with Crippen LogP contribution in [0.1, 0.15) is 30.4 Å². The zero-order chi connectivity index (χ0) is 17.8. The summed E-state index contributed by atoms with van der Waals surface area (Å²) in [6.07, 6.45) is 2.65. The van der Waals surface area contributed by atoms with E-state index in [2.05, 4.69) is 6.07 Å². The molecule has 0 aliphatic carbocycles. The van der Waals surface area contributed by atoms with Gasteiger partial charge in [0.05, 0.1) is 30.1 Å². The number of benzene rings is 1. The molecule has 1 aromatic carbocycles. The zero-order valence-electron chi connectivity index (χ0n) is 14.2. The van der Waals surface area contributed by atoms with Crippen molar-refractivity contribution in [3.63, 3.8) is 0 Å². The van der Waals surface area contributed by atoms with Crippen LogP contribution in [0.5, 0.6) is 0 Å². The van der Waals surface area contributed by atoms with Crippen molar-refractivity contribution in [2.24, 2.45) is 17.6 Å². The fourth-order valence-corrected chi connectivity index (χ4v) is 3.84. The van der Waals surface area contributed by atoms with Crippen LogP contribution in [-0.4, -0.2) is 42.5 Å². The molecule has 0 saturated carbocycles. The quantitative estimate of drug-likeness (QED) is 0.891. The van der Waals surface area contributed by atoms with Crippen LogP contribution in [0, 0.1) is 23.2 Å². The molecule has 3 rings (SSSR count). The molecule has 1 aromatic rings. The maximum Gasteiger partial charge on any atom is 0.226 e. The maximum atomic E-state index is 12.5. The number of rotatable bonds is 4. The minimum Gasteiger partial charge on any atom is -0.377 e. The number of nitrogens with two attached hydrogens (primary N) is 1. The number of piperidine rings is 1. The summed E-state index contributed by atoms with van der Waals surface area (Å²) in [5.41, 5.74) is 6.98. The molecule has 0 bridgehead atoms. The monoisotopic (exact) mass is 341 g/mol. The first kappa shape index (κ1) is 17.4. The number of primary amides is 1. The molecule has 2 N–H and O–H groups in total. The first-order chi connectivity index (χ1) is 12.1. The molecule has 2 atom stereocenters. The van der Waals surface area contributed by atoms with E-state index in [1.54, 1.807) is 12.1 Å². The van der Waals surface area contributed by atoms with E-state index in [0.29, 0.717) is 44.0 Å². The van der Waals surface area contributed by atoms with E-state index in [9.17, 15) is 9.59 Å². The first-order valence-corrected chi connectivity index (χ1v) is 8.76. The number of likely N-dealkylation sites (tertiary alicyclic amines) is 1. The molecule has 2 saturated heterocycles. The average Bonchev–Trinajstić information content (AvgIpc) is 3.12. The first-order valence-electron chi connectivity index (χ1n) is 8.76. The lowest BCUT2D eigenvalue weighted by molar-refractivity contribution is -0.133. The van der Waals surface area contributed by atoms with Gasteiger partial charge in [0.25, 0.3) is 0 Å². The highest BCUT2D eigenvalue weighted by Crippen LogP contribution is 2.33. The average molecular weight is 341 g/mol. The van der Waals surface area contributed by atoms with Gasteiger partial charge in [0.1, 0.15) is 0 Å². The molecule has 2 amide bonds. The van der Waals surface area contributed by atoms with Crippen molar-refractivity contribution in [3.05, 3.63) is 35.4 Å². The number of ether oxygens (including phenoxy) is 1. The van der Waals surface area contributed by atoms with Gasteiger partial charge in [-0.15, -0.1) is 0 Å².